The first-order chi connectivity index (χ1) is 9.98. The SMILES string of the molecule is COC1CC(S(=O)(=O)N2CCN(CCO)CC2)CCC1Br. The molecule has 0 amide bonds. The minimum absolute atomic E-state index is 0.0331. The number of alkyl halides is 1. The molecule has 0 aromatic carbocycles. The Hall–Kier alpha value is 0.270. The number of nitrogens with zero attached hydrogens (tertiary/aromatic N) is 2. The van der Waals surface area contributed by atoms with Gasteiger partial charge in [-0.05, 0) is 19.3 Å². The fourth-order valence-corrected chi connectivity index (χ4v) is 5.79. The quantitative estimate of drug-likeness (QED) is 0.688. The summed E-state index contributed by atoms with van der Waals surface area (Å²) < 4.78 is 32.5. The maximum absolute atomic E-state index is 12.8. The molecule has 124 valence electrons. The van der Waals surface area contributed by atoms with Gasteiger partial charge in [-0.15, -0.1) is 0 Å². The van der Waals surface area contributed by atoms with Crippen LogP contribution in [0.25, 0.3) is 0 Å². The van der Waals surface area contributed by atoms with Gasteiger partial charge in [-0.3, -0.25) is 4.90 Å². The van der Waals surface area contributed by atoms with Gasteiger partial charge in [0.2, 0.25) is 10.0 Å². The zero-order valence-electron chi connectivity index (χ0n) is 12.4. The van der Waals surface area contributed by atoms with Gasteiger partial charge in [0, 0.05) is 44.7 Å². The van der Waals surface area contributed by atoms with E-state index in [1.807, 2.05) is 0 Å². The second-order valence-corrected chi connectivity index (χ2v) is 9.12. The van der Waals surface area contributed by atoms with Gasteiger partial charge < -0.3 is 9.84 Å². The molecule has 0 bridgehead atoms. The normalized spacial score (nSPS) is 33.2. The molecule has 2 aliphatic rings. The van der Waals surface area contributed by atoms with Gasteiger partial charge in [-0.25, -0.2) is 8.42 Å². The third kappa shape index (κ3) is 4.17. The maximum Gasteiger partial charge on any atom is 0.217 e. The van der Waals surface area contributed by atoms with E-state index < -0.39 is 10.0 Å². The van der Waals surface area contributed by atoms with E-state index in [2.05, 4.69) is 20.8 Å². The summed E-state index contributed by atoms with van der Waals surface area (Å²) in [4.78, 5) is 2.34. The zero-order valence-corrected chi connectivity index (χ0v) is 14.9. The van der Waals surface area contributed by atoms with Crippen LogP contribution in [0.5, 0.6) is 0 Å². The van der Waals surface area contributed by atoms with E-state index in [4.69, 9.17) is 9.84 Å². The van der Waals surface area contributed by atoms with Crippen molar-refractivity contribution in [1.82, 2.24) is 9.21 Å². The van der Waals surface area contributed by atoms with Gasteiger partial charge in [0.15, 0.2) is 0 Å². The molecule has 1 heterocycles. The Balaban J connectivity index is 1.96. The van der Waals surface area contributed by atoms with Crippen LogP contribution < -0.4 is 0 Å². The second kappa shape index (κ2) is 7.70. The highest BCUT2D eigenvalue weighted by atomic mass is 79.9. The molecule has 2 fully saturated rings. The number of halogens is 1. The van der Waals surface area contributed by atoms with E-state index in [0.717, 1.165) is 6.42 Å². The summed E-state index contributed by atoms with van der Waals surface area (Å²) in [5, 5.41) is 8.60. The smallest absolute Gasteiger partial charge is 0.217 e. The van der Waals surface area contributed by atoms with E-state index >= 15 is 0 Å². The molecule has 2 rings (SSSR count). The molecule has 0 aromatic heterocycles. The van der Waals surface area contributed by atoms with Crippen molar-refractivity contribution in [2.75, 3.05) is 46.4 Å². The summed E-state index contributed by atoms with van der Waals surface area (Å²) in [6.07, 6.45) is 2.04. The van der Waals surface area contributed by atoms with E-state index in [1.54, 1.807) is 11.4 Å². The van der Waals surface area contributed by atoms with Gasteiger partial charge >= 0.3 is 0 Å². The van der Waals surface area contributed by atoms with Crippen LogP contribution in [0.4, 0.5) is 0 Å². The maximum atomic E-state index is 12.8. The van der Waals surface area contributed by atoms with Crippen molar-refractivity contribution >= 4 is 26.0 Å². The lowest BCUT2D eigenvalue weighted by Gasteiger charge is -2.38. The zero-order chi connectivity index (χ0) is 15.5. The van der Waals surface area contributed by atoms with Crippen LogP contribution in [0.2, 0.25) is 0 Å². The van der Waals surface area contributed by atoms with Crippen LogP contribution in [0.3, 0.4) is 0 Å². The highest BCUT2D eigenvalue weighted by Crippen LogP contribution is 2.32. The topological polar surface area (TPSA) is 70.1 Å². The van der Waals surface area contributed by atoms with Crippen molar-refractivity contribution in [3.8, 4) is 0 Å². The minimum atomic E-state index is -3.25. The number of methoxy groups -OCH3 is 1. The molecule has 21 heavy (non-hydrogen) atoms. The standard InChI is InChI=1S/C13H25BrN2O4S/c1-20-13-10-11(2-3-12(13)14)21(18,19)16-6-4-15(5-7-16)8-9-17/h11-13,17H,2-10H2,1H3. The lowest BCUT2D eigenvalue weighted by Crippen LogP contribution is -2.53. The summed E-state index contributed by atoms with van der Waals surface area (Å²) in [5.41, 5.74) is 0. The Morgan fingerprint density at radius 1 is 1.24 bits per heavy atom. The molecule has 3 unspecified atom stereocenters. The van der Waals surface area contributed by atoms with Crippen molar-refractivity contribution in [3.63, 3.8) is 0 Å². The van der Waals surface area contributed by atoms with Crippen molar-refractivity contribution < 1.29 is 18.3 Å². The molecule has 0 spiro atoms. The Labute approximate surface area is 135 Å². The lowest BCUT2D eigenvalue weighted by molar-refractivity contribution is 0.0778. The van der Waals surface area contributed by atoms with Crippen LogP contribution in [0, 0.1) is 0 Å². The van der Waals surface area contributed by atoms with Crippen molar-refractivity contribution in [2.45, 2.75) is 35.4 Å². The van der Waals surface area contributed by atoms with E-state index in [9.17, 15) is 8.42 Å². The number of rotatable bonds is 5. The third-order valence-corrected chi connectivity index (χ3v) is 7.90. The monoisotopic (exact) mass is 384 g/mol. The first-order valence-corrected chi connectivity index (χ1v) is 9.90. The number of hydrogen-bond acceptors (Lipinski definition) is 5. The van der Waals surface area contributed by atoms with Gasteiger partial charge in [-0.1, -0.05) is 15.9 Å². The number of aliphatic hydroxyl groups is 1. The molecule has 3 atom stereocenters. The van der Waals surface area contributed by atoms with Crippen molar-refractivity contribution in [3.05, 3.63) is 0 Å². The van der Waals surface area contributed by atoms with Crippen LogP contribution in [0.15, 0.2) is 0 Å². The Kier molecular flexibility index (Phi) is 6.46. The fourth-order valence-electron chi connectivity index (χ4n) is 3.13. The highest BCUT2D eigenvalue weighted by Gasteiger charge is 2.39. The number of sulfonamides is 1. The average Bonchev–Trinajstić information content (AvgIpc) is 2.48. The first kappa shape index (κ1) is 17.6. The summed E-state index contributed by atoms with van der Waals surface area (Å²) in [7, 11) is -1.61. The molecule has 0 radical (unpaired) electrons. The summed E-state index contributed by atoms with van der Waals surface area (Å²) in [6.45, 7) is 3.18. The van der Waals surface area contributed by atoms with Gasteiger partial charge in [0.1, 0.15) is 0 Å². The van der Waals surface area contributed by atoms with Gasteiger partial charge in [0.25, 0.3) is 0 Å². The van der Waals surface area contributed by atoms with Crippen molar-refractivity contribution in [2.24, 2.45) is 0 Å². The third-order valence-electron chi connectivity index (χ3n) is 4.49. The van der Waals surface area contributed by atoms with E-state index in [1.165, 1.54) is 0 Å². The van der Waals surface area contributed by atoms with Gasteiger partial charge in [0.05, 0.1) is 18.0 Å². The average molecular weight is 385 g/mol. The molecule has 0 aromatic rings. The highest BCUT2D eigenvalue weighted by molar-refractivity contribution is 9.09. The lowest BCUT2D eigenvalue weighted by atomic mass is 9.97. The number of piperazine rings is 1. The molecular weight excluding hydrogens is 360 g/mol. The van der Waals surface area contributed by atoms with Crippen molar-refractivity contribution in [1.29, 1.82) is 0 Å². The summed E-state index contributed by atoms with van der Waals surface area (Å²) in [6, 6.07) is 0. The van der Waals surface area contributed by atoms with Crippen LogP contribution in [-0.2, 0) is 14.8 Å². The molecule has 1 saturated heterocycles. The Bertz CT molecular complexity index is 426. The van der Waals surface area contributed by atoms with Crippen LogP contribution >= 0.6 is 15.9 Å². The fraction of sp³-hybridized carbons (Fsp3) is 1.00. The van der Waals surface area contributed by atoms with E-state index in [-0.39, 0.29) is 22.8 Å². The molecule has 1 aliphatic heterocycles. The molecule has 1 saturated carbocycles. The second-order valence-electron chi connectivity index (χ2n) is 5.73. The first-order valence-electron chi connectivity index (χ1n) is 7.48. The Morgan fingerprint density at radius 2 is 1.90 bits per heavy atom. The van der Waals surface area contributed by atoms with E-state index in [0.29, 0.717) is 45.6 Å². The molecular formula is C13H25BrN2O4S. The van der Waals surface area contributed by atoms with Crippen LogP contribution in [-0.4, -0.2) is 85.4 Å². The van der Waals surface area contributed by atoms with Crippen LogP contribution in [0.1, 0.15) is 19.3 Å². The number of aliphatic hydroxyl groups excluding tert-OH is 1. The van der Waals surface area contributed by atoms with Gasteiger partial charge in [-0.2, -0.15) is 4.31 Å². The molecule has 8 heteroatoms. The minimum Gasteiger partial charge on any atom is -0.395 e. The summed E-state index contributed by atoms with van der Waals surface area (Å²) >= 11 is 3.57. The molecule has 6 nitrogen and oxygen atoms in total. The number of hydrogen-bond donors (Lipinski definition) is 1. The number of β-amino-alcohol motifs (C(OH)–C–C–N with tert-alkyl or cyclic N) is 1. The molecule has 1 aliphatic carbocycles. The number of ether oxygens (including phenoxy) is 1. The predicted octanol–water partition coefficient (Wildman–Crippen LogP) is 0.257. The largest absolute Gasteiger partial charge is 0.395 e. The Morgan fingerprint density at radius 3 is 2.48 bits per heavy atom. The predicted molar refractivity (Wildman–Crippen MR) is 85.2 cm³/mol. The molecule has 1 N–H and O–H groups in total. The summed E-state index contributed by atoms with van der Waals surface area (Å²) in [5.74, 6) is 0.